The maximum atomic E-state index is 5.60. The Kier molecular flexibility index (Phi) is 5.45. The van der Waals surface area contributed by atoms with Crippen LogP contribution in [0, 0.1) is 0 Å². The molecule has 0 spiro atoms. The smallest absolute Gasteiger partial charge is 0.159 e. The fourth-order valence-corrected chi connectivity index (χ4v) is 1.79. The third-order valence-corrected chi connectivity index (χ3v) is 2.82. The standard InChI is InChI=1S/C14H20O4/c1-15-13-5-3-12(4-6-13)11-16-10-7-14-17-8-2-9-18-14/h3-6,14H,2,7-11H2,1H3. The molecule has 100 valence electrons. The van der Waals surface area contributed by atoms with Crippen molar-refractivity contribution in [3.63, 3.8) is 0 Å². The van der Waals surface area contributed by atoms with Gasteiger partial charge in [-0.1, -0.05) is 12.1 Å². The monoisotopic (exact) mass is 252 g/mol. The van der Waals surface area contributed by atoms with E-state index < -0.39 is 0 Å². The van der Waals surface area contributed by atoms with Gasteiger partial charge >= 0.3 is 0 Å². The second-order valence-corrected chi connectivity index (χ2v) is 4.21. The predicted octanol–water partition coefficient (Wildman–Crippen LogP) is 2.36. The van der Waals surface area contributed by atoms with Gasteiger partial charge in [0.25, 0.3) is 0 Å². The molecule has 0 aromatic heterocycles. The fourth-order valence-electron chi connectivity index (χ4n) is 1.79. The molecular weight excluding hydrogens is 232 g/mol. The molecule has 1 fully saturated rings. The first-order valence-corrected chi connectivity index (χ1v) is 6.32. The number of hydrogen-bond acceptors (Lipinski definition) is 4. The molecule has 0 aliphatic carbocycles. The van der Waals surface area contributed by atoms with E-state index in [1.807, 2.05) is 24.3 Å². The van der Waals surface area contributed by atoms with E-state index in [1.54, 1.807) is 7.11 Å². The zero-order chi connectivity index (χ0) is 12.6. The van der Waals surface area contributed by atoms with Crippen LogP contribution in [-0.4, -0.2) is 33.2 Å². The van der Waals surface area contributed by atoms with Crippen LogP contribution < -0.4 is 4.74 Å². The summed E-state index contributed by atoms with van der Waals surface area (Å²) in [6.07, 6.45) is 1.69. The Balaban J connectivity index is 1.62. The minimum Gasteiger partial charge on any atom is -0.497 e. The van der Waals surface area contributed by atoms with Crippen LogP contribution in [0.1, 0.15) is 18.4 Å². The molecule has 4 nitrogen and oxygen atoms in total. The van der Waals surface area contributed by atoms with Crippen molar-refractivity contribution in [1.82, 2.24) is 0 Å². The molecule has 18 heavy (non-hydrogen) atoms. The van der Waals surface area contributed by atoms with Gasteiger partial charge in [0.1, 0.15) is 5.75 Å². The predicted molar refractivity (Wildman–Crippen MR) is 67.6 cm³/mol. The van der Waals surface area contributed by atoms with Crippen LogP contribution in [-0.2, 0) is 20.8 Å². The van der Waals surface area contributed by atoms with E-state index in [4.69, 9.17) is 18.9 Å². The Morgan fingerprint density at radius 3 is 2.56 bits per heavy atom. The molecule has 0 N–H and O–H groups in total. The Morgan fingerprint density at radius 2 is 1.89 bits per heavy atom. The molecule has 1 saturated heterocycles. The Hall–Kier alpha value is -1.10. The zero-order valence-electron chi connectivity index (χ0n) is 10.8. The van der Waals surface area contributed by atoms with Crippen LogP contribution in [0.4, 0.5) is 0 Å². The molecule has 4 heteroatoms. The minimum absolute atomic E-state index is 0.0883. The van der Waals surface area contributed by atoms with Gasteiger partial charge in [-0.15, -0.1) is 0 Å². The minimum atomic E-state index is -0.0883. The first-order valence-electron chi connectivity index (χ1n) is 6.32. The topological polar surface area (TPSA) is 36.9 Å². The highest BCUT2D eigenvalue weighted by Crippen LogP contribution is 2.13. The van der Waals surface area contributed by atoms with Gasteiger partial charge in [-0.3, -0.25) is 0 Å². The Bertz CT molecular complexity index is 330. The molecule has 0 radical (unpaired) electrons. The van der Waals surface area contributed by atoms with Gasteiger partial charge in [0.15, 0.2) is 6.29 Å². The van der Waals surface area contributed by atoms with Crippen LogP contribution in [0.5, 0.6) is 5.75 Å². The summed E-state index contributed by atoms with van der Waals surface area (Å²) < 4.78 is 21.6. The van der Waals surface area contributed by atoms with Crippen molar-refractivity contribution in [3.8, 4) is 5.75 Å². The highest BCUT2D eigenvalue weighted by molar-refractivity contribution is 5.26. The summed E-state index contributed by atoms with van der Waals surface area (Å²) in [4.78, 5) is 0. The SMILES string of the molecule is COc1ccc(COCCC2OCCCO2)cc1. The van der Waals surface area contributed by atoms with E-state index in [0.717, 1.165) is 37.4 Å². The van der Waals surface area contributed by atoms with E-state index >= 15 is 0 Å². The van der Waals surface area contributed by atoms with Crippen LogP contribution in [0.3, 0.4) is 0 Å². The summed E-state index contributed by atoms with van der Waals surface area (Å²) in [5, 5.41) is 0. The lowest BCUT2D eigenvalue weighted by Gasteiger charge is -2.22. The summed E-state index contributed by atoms with van der Waals surface area (Å²) in [6, 6.07) is 7.89. The normalized spacial score (nSPS) is 16.7. The summed E-state index contributed by atoms with van der Waals surface area (Å²) in [5.74, 6) is 0.864. The molecule has 1 aromatic rings. The van der Waals surface area contributed by atoms with Crippen molar-refractivity contribution in [2.75, 3.05) is 26.9 Å². The van der Waals surface area contributed by atoms with Crippen molar-refractivity contribution in [2.45, 2.75) is 25.7 Å². The van der Waals surface area contributed by atoms with Gasteiger partial charge in [-0.05, 0) is 24.1 Å². The summed E-state index contributed by atoms with van der Waals surface area (Å²) in [7, 11) is 1.66. The summed E-state index contributed by atoms with van der Waals surface area (Å²) in [5.41, 5.74) is 1.14. The van der Waals surface area contributed by atoms with Crippen molar-refractivity contribution in [3.05, 3.63) is 29.8 Å². The first kappa shape index (κ1) is 13.3. The van der Waals surface area contributed by atoms with E-state index in [1.165, 1.54) is 0 Å². The van der Waals surface area contributed by atoms with Crippen molar-refractivity contribution < 1.29 is 18.9 Å². The van der Waals surface area contributed by atoms with Crippen LogP contribution in [0.15, 0.2) is 24.3 Å². The van der Waals surface area contributed by atoms with Crippen LogP contribution in [0.25, 0.3) is 0 Å². The van der Waals surface area contributed by atoms with E-state index in [0.29, 0.717) is 13.2 Å². The molecule has 2 rings (SSSR count). The van der Waals surface area contributed by atoms with Gasteiger partial charge in [-0.25, -0.2) is 0 Å². The van der Waals surface area contributed by atoms with E-state index in [2.05, 4.69) is 0 Å². The Labute approximate surface area is 108 Å². The van der Waals surface area contributed by atoms with Gasteiger partial charge in [-0.2, -0.15) is 0 Å². The highest BCUT2D eigenvalue weighted by Gasteiger charge is 2.13. The number of methoxy groups -OCH3 is 1. The summed E-state index contributed by atoms with van der Waals surface area (Å²) >= 11 is 0. The average Bonchev–Trinajstić information content (AvgIpc) is 2.45. The quantitative estimate of drug-likeness (QED) is 0.728. The lowest BCUT2D eigenvalue weighted by Crippen LogP contribution is -2.26. The van der Waals surface area contributed by atoms with Gasteiger partial charge in [0, 0.05) is 6.42 Å². The molecule has 0 unspecified atom stereocenters. The maximum Gasteiger partial charge on any atom is 0.159 e. The number of hydrogen-bond donors (Lipinski definition) is 0. The lowest BCUT2D eigenvalue weighted by molar-refractivity contribution is -0.186. The molecule has 0 amide bonds. The van der Waals surface area contributed by atoms with Crippen molar-refractivity contribution in [2.24, 2.45) is 0 Å². The van der Waals surface area contributed by atoms with Gasteiger partial charge in [0.05, 0.1) is 33.5 Å². The van der Waals surface area contributed by atoms with Crippen LogP contribution in [0.2, 0.25) is 0 Å². The van der Waals surface area contributed by atoms with E-state index in [-0.39, 0.29) is 6.29 Å². The molecule has 0 atom stereocenters. The number of ether oxygens (including phenoxy) is 4. The first-order chi connectivity index (χ1) is 8.88. The molecule has 1 aromatic carbocycles. The fraction of sp³-hybridized carbons (Fsp3) is 0.571. The maximum absolute atomic E-state index is 5.60. The largest absolute Gasteiger partial charge is 0.497 e. The van der Waals surface area contributed by atoms with Crippen molar-refractivity contribution >= 4 is 0 Å². The highest BCUT2D eigenvalue weighted by atomic mass is 16.7. The van der Waals surface area contributed by atoms with Gasteiger partial charge in [0.2, 0.25) is 0 Å². The second kappa shape index (κ2) is 7.36. The van der Waals surface area contributed by atoms with E-state index in [9.17, 15) is 0 Å². The third-order valence-electron chi connectivity index (χ3n) is 2.82. The van der Waals surface area contributed by atoms with Crippen molar-refractivity contribution in [1.29, 1.82) is 0 Å². The molecular formula is C14H20O4. The number of benzene rings is 1. The summed E-state index contributed by atoms with van der Waals surface area (Å²) in [6.45, 7) is 2.85. The van der Waals surface area contributed by atoms with Gasteiger partial charge < -0.3 is 18.9 Å². The lowest BCUT2D eigenvalue weighted by atomic mass is 10.2. The molecule has 0 saturated carbocycles. The zero-order valence-corrected chi connectivity index (χ0v) is 10.8. The molecule has 1 heterocycles. The third kappa shape index (κ3) is 4.29. The molecule has 0 bridgehead atoms. The Morgan fingerprint density at radius 1 is 1.17 bits per heavy atom. The average molecular weight is 252 g/mol. The second-order valence-electron chi connectivity index (χ2n) is 4.21. The van der Waals surface area contributed by atoms with Crippen LogP contribution >= 0.6 is 0 Å². The number of rotatable bonds is 6. The molecule has 1 aliphatic heterocycles. The molecule has 1 aliphatic rings.